The van der Waals surface area contributed by atoms with Gasteiger partial charge < -0.3 is 10.2 Å². The highest BCUT2D eigenvalue weighted by Crippen LogP contribution is 2.21. The standard InChI is InChI=1S/C8H16N2OS/c1-3-10(8(11)9-2)7-4-5-12-6-7/h7H,3-6H2,1-2H3,(H,9,11)/t7-/m0/s1. The van der Waals surface area contributed by atoms with E-state index in [1.54, 1.807) is 7.05 Å². The molecule has 0 bridgehead atoms. The van der Waals surface area contributed by atoms with Gasteiger partial charge in [-0.2, -0.15) is 11.8 Å². The Hall–Kier alpha value is -0.380. The highest BCUT2D eigenvalue weighted by Gasteiger charge is 2.24. The van der Waals surface area contributed by atoms with Gasteiger partial charge in [-0.1, -0.05) is 0 Å². The van der Waals surface area contributed by atoms with Crippen LogP contribution in [0.15, 0.2) is 0 Å². The Morgan fingerprint density at radius 1 is 1.75 bits per heavy atom. The Bertz CT molecular complexity index is 157. The molecule has 0 spiro atoms. The quantitative estimate of drug-likeness (QED) is 0.705. The summed E-state index contributed by atoms with van der Waals surface area (Å²) in [7, 11) is 1.69. The summed E-state index contributed by atoms with van der Waals surface area (Å²) in [6.07, 6.45) is 1.14. The summed E-state index contributed by atoms with van der Waals surface area (Å²) in [5.74, 6) is 2.29. The van der Waals surface area contributed by atoms with E-state index in [9.17, 15) is 4.79 Å². The van der Waals surface area contributed by atoms with Crippen molar-refractivity contribution in [3.05, 3.63) is 0 Å². The lowest BCUT2D eigenvalue weighted by molar-refractivity contribution is 0.186. The Balaban J connectivity index is 2.48. The van der Waals surface area contributed by atoms with Gasteiger partial charge in [-0.25, -0.2) is 4.79 Å². The maximum absolute atomic E-state index is 11.3. The van der Waals surface area contributed by atoms with Gasteiger partial charge in [0.2, 0.25) is 0 Å². The smallest absolute Gasteiger partial charge is 0.317 e. The first-order chi connectivity index (χ1) is 5.79. The molecule has 1 N–H and O–H groups in total. The molecule has 1 atom stereocenters. The normalized spacial score (nSPS) is 22.3. The topological polar surface area (TPSA) is 32.3 Å². The number of carbonyl (C=O) groups is 1. The summed E-state index contributed by atoms with van der Waals surface area (Å²) in [6, 6.07) is 0.518. The lowest BCUT2D eigenvalue weighted by Crippen LogP contribution is -2.44. The highest BCUT2D eigenvalue weighted by molar-refractivity contribution is 7.99. The van der Waals surface area contributed by atoms with Crippen molar-refractivity contribution in [2.24, 2.45) is 0 Å². The van der Waals surface area contributed by atoms with Crippen molar-refractivity contribution >= 4 is 17.8 Å². The second kappa shape index (κ2) is 4.60. The first-order valence-corrected chi connectivity index (χ1v) is 5.51. The third-order valence-corrected chi connectivity index (χ3v) is 3.31. The summed E-state index contributed by atoms with van der Waals surface area (Å²) >= 11 is 1.93. The van der Waals surface area contributed by atoms with Crippen LogP contribution in [0.5, 0.6) is 0 Å². The third kappa shape index (κ3) is 2.06. The van der Waals surface area contributed by atoms with Crippen LogP contribution in [0.3, 0.4) is 0 Å². The van der Waals surface area contributed by atoms with Crippen LogP contribution in [-0.4, -0.2) is 42.1 Å². The van der Waals surface area contributed by atoms with Gasteiger partial charge in [-0.15, -0.1) is 0 Å². The molecule has 1 aliphatic rings. The number of nitrogens with zero attached hydrogens (tertiary/aromatic N) is 1. The van der Waals surface area contributed by atoms with Gasteiger partial charge in [0.25, 0.3) is 0 Å². The van der Waals surface area contributed by atoms with Crippen molar-refractivity contribution in [2.75, 3.05) is 25.1 Å². The van der Waals surface area contributed by atoms with Gasteiger partial charge in [0, 0.05) is 25.4 Å². The largest absolute Gasteiger partial charge is 0.341 e. The van der Waals surface area contributed by atoms with Crippen LogP contribution < -0.4 is 5.32 Å². The van der Waals surface area contributed by atoms with Crippen LogP contribution in [0.4, 0.5) is 4.79 Å². The molecule has 0 saturated carbocycles. The minimum absolute atomic E-state index is 0.0602. The van der Waals surface area contributed by atoms with Gasteiger partial charge in [-0.05, 0) is 19.1 Å². The zero-order chi connectivity index (χ0) is 8.97. The predicted octanol–water partition coefficient (Wildman–Crippen LogP) is 1.15. The molecule has 1 heterocycles. The molecule has 12 heavy (non-hydrogen) atoms. The van der Waals surface area contributed by atoms with E-state index in [1.807, 2.05) is 23.6 Å². The van der Waals surface area contributed by atoms with Gasteiger partial charge >= 0.3 is 6.03 Å². The predicted molar refractivity (Wildman–Crippen MR) is 52.6 cm³/mol. The highest BCUT2D eigenvalue weighted by atomic mass is 32.2. The van der Waals surface area contributed by atoms with E-state index in [-0.39, 0.29) is 6.03 Å². The van der Waals surface area contributed by atoms with Crippen molar-refractivity contribution in [3.8, 4) is 0 Å². The molecule has 4 heteroatoms. The average Bonchev–Trinajstić information content (AvgIpc) is 2.58. The van der Waals surface area contributed by atoms with Crippen LogP contribution in [0.2, 0.25) is 0 Å². The summed E-state index contributed by atoms with van der Waals surface area (Å²) in [5.41, 5.74) is 0. The Kier molecular flexibility index (Phi) is 3.72. The molecule has 0 aromatic heterocycles. The molecule has 70 valence electrons. The molecule has 1 rings (SSSR count). The summed E-state index contributed by atoms with van der Waals surface area (Å²) in [5, 5.41) is 2.67. The van der Waals surface area contributed by atoms with Crippen LogP contribution in [0.1, 0.15) is 13.3 Å². The van der Waals surface area contributed by atoms with Crippen molar-refractivity contribution < 1.29 is 4.79 Å². The molecule has 1 fully saturated rings. The van der Waals surface area contributed by atoms with E-state index in [0.717, 1.165) is 18.7 Å². The molecule has 3 nitrogen and oxygen atoms in total. The second-order valence-electron chi connectivity index (χ2n) is 2.86. The van der Waals surface area contributed by atoms with Gasteiger partial charge in [-0.3, -0.25) is 0 Å². The fraction of sp³-hybridized carbons (Fsp3) is 0.875. The molecule has 2 amide bonds. The Labute approximate surface area is 77.9 Å². The first kappa shape index (κ1) is 9.71. The molecule has 0 unspecified atom stereocenters. The zero-order valence-corrected chi connectivity index (χ0v) is 8.49. The minimum atomic E-state index is 0.0602. The van der Waals surface area contributed by atoms with E-state index in [1.165, 1.54) is 5.75 Å². The van der Waals surface area contributed by atoms with Crippen LogP contribution in [0, 0.1) is 0 Å². The molecule has 0 aromatic carbocycles. The van der Waals surface area contributed by atoms with Gasteiger partial charge in [0.1, 0.15) is 0 Å². The molecule has 1 saturated heterocycles. The SMILES string of the molecule is CCN(C(=O)NC)[C@H]1CCSC1. The van der Waals surface area contributed by atoms with E-state index in [2.05, 4.69) is 5.32 Å². The van der Waals surface area contributed by atoms with Gasteiger partial charge in [0.15, 0.2) is 0 Å². The lowest BCUT2D eigenvalue weighted by Gasteiger charge is -2.26. The average molecular weight is 188 g/mol. The fourth-order valence-corrected chi connectivity index (χ4v) is 2.70. The molecule has 0 radical (unpaired) electrons. The second-order valence-corrected chi connectivity index (χ2v) is 4.01. The Morgan fingerprint density at radius 2 is 2.50 bits per heavy atom. The fourth-order valence-electron chi connectivity index (χ4n) is 1.48. The van der Waals surface area contributed by atoms with Gasteiger partial charge in [0.05, 0.1) is 0 Å². The van der Waals surface area contributed by atoms with Crippen LogP contribution >= 0.6 is 11.8 Å². The van der Waals surface area contributed by atoms with E-state index < -0.39 is 0 Å². The van der Waals surface area contributed by atoms with Crippen LogP contribution in [0.25, 0.3) is 0 Å². The number of hydrogen-bond acceptors (Lipinski definition) is 2. The van der Waals surface area contributed by atoms with Crippen molar-refractivity contribution in [2.45, 2.75) is 19.4 Å². The number of thioether (sulfide) groups is 1. The summed E-state index contributed by atoms with van der Waals surface area (Å²) < 4.78 is 0. The number of hydrogen-bond donors (Lipinski definition) is 1. The summed E-state index contributed by atoms with van der Waals surface area (Å²) in [4.78, 5) is 13.3. The number of carbonyl (C=O) groups excluding carboxylic acids is 1. The summed E-state index contributed by atoms with van der Waals surface area (Å²) in [6.45, 7) is 2.84. The number of rotatable bonds is 2. The molecule has 0 aliphatic carbocycles. The number of amides is 2. The molecular weight excluding hydrogens is 172 g/mol. The van der Waals surface area contributed by atoms with Crippen molar-refractivity contribution in [1.82, 2.24) is 10.2 Å². The molecular formula is C8H16N2OS. The third-order valence-electron chi connectivity index (χ3n) is 2.16. The van der Waals surface area contributed by atoms with Crippen molar-refractivity contribution in [3.63, 3.8) is 0 Å². The minimum Gasteiger partial charge on any atom is -0.341 e. The van der Waals surface area contributed by atoms with E-state index in [4.69, 9.17) is 0 Å². The first-order valence-electron chi connectivity index (χ1n) is 4.35. The maximum atomic E-state index is 11.3. The Morgan fingerprint density at radius 3 is 2.92 bits per heavy atom. The number of urea groups is 1. The van der Waals surface area contributed by atoms with E-state index in [0.29, 0.717) is 6.04 Å². The van der Waals surface area contributed by atoms with E-state index >= 15 is 0 Å². The van der Waals surface area contributed by atoms with Crippen molar-refractivity contribution in [1.29, 1.82) is 0 Å². The zero-order valence-electron chi connectivity index (χ0n) is 7.67. The maximum Gasteiger partial charge on any atom is 0.317 e. The van der Waals surface area contributed by atoms with Crippen LogP contribution in [-0.2, 0) is 0 Å². The number of nitrogens with one attached hydrogen (secondary N) is 1. The lowest BCUT2D eigenvalue weighted by atomic mass is 10.2. The molecule has 0 aromatic rings. The molecule has 1 aliphatic heterocycles. The monoisotopic (exact) mass is 188 g/mol.